The van der Waals surface area contributed by atoms with E-state index < -0.39 is 0 Å². The van der Waals surface area contributed by atoms with Gasteiger partial charge in [-0.3, -0.25) is 0 Å². The number of nitrogens with two attached hydrogens (primary N) is 1. The smallest absolute Gasteiger partial charge is 0.319 e. The summed E-state index contributed by atoms with van der Waals surface area (Å²) in [6.07, 6.45) is 4.34. The highest BCUT2D eigenvalue weighted by molar-refractivity contribution is 5.94. The summed E-state index contributed by atoms with van der Waals surface area (Å²) in [6, 6.07) is 7.57. The van der Waals surface area contributed by atoms with E-state index in [1.165, 1.54) is 6.33 Å². The van der Waals surface area contributed by atoms with Crippen LogP contribution in [0.25, 0.3) is 27.9 Å². The van der Waals surface area contributed by atoms with Crippen molar-refractivity contribution in [3.63, 3.8) is 0 Å². The number of nitrogen functional groups attached to an aromatic ring is 1. The van der Waals surface area contributed by atoms with Gasteiger partial charge in [-0.05, 0) is 24.1 Å². The summed E-state index contributed by atoms with van der Waals surface area (Å²) >= 11 is 0. The zero-order chi connectivity index (χ0) is 20.5. The maximum absolute atomic E-state index is 12.1. The van der Waals surface area contributed by atoms with Crippen LogP contribution in [0.2, 0.25) is 0 Å². The average Bonchev–Trinajstić information content (AvgIpc) is 3.17. The molecule has 4 N–H and O–H groups in total. The molecule has 0 radical (unpaired) electrons. The fourth-order valence-corrected chi connectivity index (χ4v) is 3.70. The summed E-state index contributed by atoms with van der Waals surface area (Å²) in [4.78, 5) is 27.7. The van der Waals surface area contributed by atoms with Crippen LogP contribution in [0.5, 0.6) is 0 Å². The van der Waals surface area contributed by atoms with Gasteiger partial charge in [-0.1, -0.05) is 18.2 Å². The largest absolute Gasteiger partial charge is 0.398 e. The number of fused-ring (bicyclic) bond motifs is 1. The lowest BCUT2D eigenvalue weighted by Gasteiger charge is -2.28. The minimum absolute atomic E-state index is 0.0169. The topological polar surface area (TPSA) is 111 Å². The standard InChI is InChI=1S/C21H24N6O2/c1-26(2)21(29)27-8-6-13(7-9-27)18-10-15-19(23-12-24-20(15)25-18)14-4-3-5-17(22)16(14)11-28/h3-6,10,12,28H,7-9,11,22H2,1-2H3,(H,23,24,25). The zero-order valence-electron chi connectivity index (χ0n) is 16.5. The number of rotatable bonds is 3. The summed E-state index contributed by atoms with van der Waals surface area (Å²) in [7, 11) is 3.52. The van der Waals surface area contributed by atoms with E-state index in [4.69, 9.17) is 5.73 Å². The summed E-state index contributed by atoms with van der Waals surface area (Å²) in [5, 5.41) is 10.6. The Morgan fingerprint density at radius 1 is 1.34 bits per heavy atom. The van der Waals surface area contributed by atoms with E-state index in [2.05, 4.69) is 21.0 Å². The number of aliphatic hydroxyl groups excluding tert-OH is 1. The van der Waals surface area contributed by atoms with Gasteiger partial charge in [0.15, 0.2) is 0 Å². The third kappa shape index (κ3) is 3.42. The summed E-state index contributed by atoms with van der Waals surface area (Å²) in [5.74, 6) is 0. The third-order valence-corrected chi connectivity index (χ3v) is 5.26. The Labute approximate surface area is 168 Å². The Morgan fingerprint density at radius 2 is 2.17 bits per heavy atom. The van der Waals surface area contributed by atoms with Gasteiger partial charge in [-0.25, -0.2) is 14.8 Å². The fraction of sp³-hybridized carbons (Fsp3) is 0.286. The highest BCUT2D eigenvalue weighted by Crippen LogP contribution is 2.33. The predicted octanol–water partition coefficient (Wildman–Crippen LogP) is 2.47. The molecule has 0 bridgehead atoms. The van der Waals surface area contributed by atoms with Gasteiger partial charge in [-0.2, -0.15) is 0 Å². The molecule has 0 fully saturated rings. The molecule has 8 heteroatoms. The minimum atomic E-state index is -0.161. The lowest BCUT2D eigenvalue weighted by atomic mass is 10.0. The van der Waals surface area contributed by atoms with Crippen molar-refractivity contribution in [1.82, 2.24) is 24.8 Å². The first kappa shape index (κ1) is 18.9. The van der Waals surface area contributed by atoms with Gasteiger partial charge < -0.3 is 25.6 Å². The molecule has 1 aliphatic heterocycles. The van der Waals surface area contributed by atoms with Crippen LogP contribution in [0.3, 0.4) is 0 Å². The van der Waals surface area contributed by atoms with Gasteiger partial charge in [0.2, 0.25) is 0 Å². The van der Waals surface area contributed by atoms with Crippen molar-refractivity contribution >= 4 is 28.3 Å². The highest BCUT2D eigenvalue weighted by atomic mass is 16.3. The molecule has 0 saturated carbocycles. The number of hydrogen-bond acceptors (Lipinski definition) is 5. The summed E-state index contributed by atoms with van der Waals surface area (Å²) in [6.45, 7) is 1.08. The second-order valence-electron chi connectivity index (χ2n) is 7.30. The second kappa shape index (κ2) is 7.56. The number of amides is 2. The van der Waals surface area contributed by atoms with Crippen LogP contribution >= 0.6 is 0 Å². The monoisotopic (exact) mass is 392 g/mol. The number of H-pyrrole nitrogens is 1. The van der Waals surface area contributed by atoms with Gasteiger partial charge in [0.25, 0.3) is 0 Å². The molecule has 0 unspecified atom stereocenters. The maximum Gasteiger partial charge on any atom is 0.319 e. The fourth-order valence-electron chi connectivity index (χ4n) is 3.70. The molecule has 3 aromatic rings. The summed E-state index contributed by atoms with van der Waals surface area (Å²) < 4.78 is 0. The number of urea groups is 1. The molecule has 29 heavy (non-hydrogen) atoms. The number of anilines is 1. The lowest BCUT2D eigenvalue weighted by Crippen LogP contribution is -2.41. The van der Waals surface area contributed by atoms with E-state index >= 15 is 0 Å². The molecular formula is C21H24N6O2. The minimum Gasteiger partial charge on any atom is -0.398 e. The first-order chi connectivity index (χ1) is 14.0. The SMILES string of the molecule is CN(C)C(=O)N1CC=C(c2cc3c(-c4cccc(N)c4CO)ncnc3[nH]2)CC1. The van der Waals surface area contributed by atoms with Crippen molar-refractivity contribution < 1.29 is 9.90 Å². The Kier molecular flexibility index (Phi) is 4.94. The molecule has 150 valence electrons. The number of aromatic amines is 1. The Morgan fingerprint density at radius 3 is 2.86 bits per heavy atom. The van der Waals surface area contributed by atoms with Crippen LogP contribution in [0.4, 0.5) is 10.5 Å². The van der Waals surface area contributed by atoms with Crippen molar-refractivity contribution in [2.24, 2.45) is 0 Å². The van der Waals surface area contributed by atoms with Crippen molar-refractivity contribution in [2.75, 3.05) is 32.9 Å². The van der Waals surface area contributed by atoms with E-state index in [1.807, 2.05) is 23.1 Å². The Hall–Kier alpha value is -3.39. The molecule has 3 heterocycles. The van der Waals surface area contributed by atoms with Crippen molar-refractivity contribution in [3.8, 4) is 11.3 Å². The molecule has 1 aromatic carbocycles. The van der Waals surface area contributed by atoms with Crippen molar-refractivity contribution in [1.29, 1.82) is 0 Å². The molecule has 8 nitrogen and oxygen atoms in total. The molecule has 0 aliphatic carbocycles. The number of nitrogens with one attached hydrogen (secondary N) is 1. The zero-order valence-corrected chi connectivity index (χ0v) is 16.5. The number of nitrogens with zero attached hydrogens (tertiary/aromatic N) is 4. The van der Waals surface area contributed by atoms with E-state index in [-0.39, 0.29) is 12.6 Å². The molecule has 1 aliphatic rings. The van der Waals surface area contributed by atoms with Crippen molar-refractivity contribution in [3.05, 3.63) is 47.9 Å². The molecule has 0 saturated heterocycles. The molecule has 4 rings (SSSR count). The second-order valence-corrected chi connectivity index (χ2v) is 7.30. The van der Waals surface area contributed by atoms with E-state index in [1.54, 1.807) is 25.1 Å². The van der Waals surface area contributed by atoms with Gasteiger partial charge >= 0.3 is 6.03 Å². The molecular weight excluding hydrogens is 368 g/mol. The average molecular weight is 392 g/mol. The molecule has 0 spiro atoms. The number of hydrogen-bond donors (Lipinski definition) is 3. The summed E-state index contributed by atoms with van der Waals surface area (Å²) in [5.41, 5.74) is 11.6. The third-order valence-electron chi connectivity index (χ3n) is 5.26. The number of aromatic nitrogens is 3. The van der Waals surface area contributed by atoms with Crippen LogP contribution < -0.4 is 5.73 Å². The first-order valence-electron chi connectivity index (χ1n) is 9.47. The molecule has 2 amide bonds. The van der Waals surface area contributed by atoms with Gasteiger partial charge in [0.05, 0.1) is 12.3 Å². The lowest BCUT2D eigenvalue weighted by molar-refractivity contribution is 0.176. The van der Waals surface area contributed by atoms with Gasteiger partial charge in [0.1, 0.15) is 12.0 Å². The maximum atomic E-state index is 12.1. The number of carbonyl (C=O) groups excluding carboxylic acids is 1. The Bertz CT molecular complexity index is 1100. The quantitative estimate of drug-likeness (QED) is 0.593. The first-order valence-corrected chi connectivity index (χ1v) is 9.47. The predicted molar refractivity (Wildman–Crippen MR) is 113 cm³/mol. The number of benzene rings is 1. The molecule has 0 atom stereocenters. The number of carbonyl (C=O) groups is 1. The van der Waals surface area contributed by atoms with E-state index in [9.17, 15) is 9.90 Å². The Balaban J connectivity index is 1.71. The van der Waals surface area contributed by atoms with Crippen LogP contribution in [0.15, 0.2) is 36.7 Å². The number of aliphatic hydroxyl groups is 1. The van der Waals surface area contributed by atoms with Gasteiger partial charge in [-0.15, -0.1) is 0 Å². The van der Waals surface area contributed by atoms with Crippen molar-refractivity contribution in [2.45, 2.75) is 13.0 Å². The van der Waals surface area contributed by atoms with Crippen LogP contribution in [-0.4, -0.2) is 63.1 Å². The van der Waals surface area contributed by atoms with E-state index in [0.29, 0.717) is 24.3 Å². The van der Waals surface area contributed by atoms with E-state index in [0.717, 1.165) is 40.0 Å². The van der Waals surface area contributed by atoms with Crippen LogP contribution in [0, 0.1) is 0 Å². The molecule has 2 aromatic heterocycles. The van der Waals surface area contributed by atoms with Gasteiger partial charge in [0, 0.05) is 55.1 Å². The highest BCUT2D eigenvalue weighted by Gasteiger charge is 2.21. The van der Waals surface area contributed by atoms with Crippen LogP contribution in [-0.2, 0) is 6.61 Å². The van der Waals surface area contributed by atoms with Crippen LogP contribution in [0.1, 0.15) is 17.7 Å². The normalized spacial score (nSPS) is 14.2.